The van der Waals surface area contributed by atoms with Gasteiger partial charge in [-0.05, 0) is 37.3 Å². The lowest BCUT2D eigenvalue weighted by molar-refractivity contribution is 0.309. The van der Waals surface area contributed by atoms with Crippen LogP contribution >= 0.6 is 11.8 Å². The van der Waals surface area contributed by atoms with Gasteiger partial charge in [-0.1, -0.05) is 37.2 Å². The molecule has 0 bridgehead atoms. The third-order valence-corrected chi connectivity index (χ3v) is 4.04. The van der Waals surface area contributed by atoms with Crippen LogP contribution in [0.15, 0.2) is 34.2 Å². The fourth-order valence-corrected chi connectivity index (χ4v) is 2.55. The number of unbranched alkanes of at least 4 members (excludes halogenated alkanes) is 1. The maximum atomic E-state index is 12.1. The molecule has 1 heterocycles. The van der Waals surface area contributed by atoms with Gasteiger partial charge in [0.05, 0.1) is 6.61 Å². The zero-order chi connectivity index (χ0) is 15.9. The van der Waals surface area contributed by atoms with Crippen molar-refractivity contribution in [3.63, 3.8) is 0 Å². The van der Waals surface area contributed by atoms with Gasteiger partial charge in [-0.25, -0.2) is 4.98 Å². The molecule has 0 aliphatic carbocycles. The molecule has 0 saturated heterocycles. The van der Waals surface area contributed by atoms with E-state index in [2.05, 4.69) is 16.9 Å². The molecule has 118 valence electrons. The molecule has 0 unspecified atom stereocenters. The number of aromatic nitrogens is 2. The quantitative estimate of drug-likeness (QED) is 0.482. The molecule has 0 amide bonds. The van der Waals surface area contributed by atoms with Crippen LogP contribution in [0.25, 0.3) is 0 Å². The summed E-state index contributed by atoms with van der Waals surface area (Å²) in [5.41, 5.74) is 2.53. The van der Waals surface area contributed by atoms with E-state index >= 15 is 0 Å². The van der Waals surface area contributed by atoms with Crippen LogP contribution in [0.5, 0.6) is 5.75 Å². The van der Waals surface area contributed by atoms with Gasteiger partial charge in [0, 0.05) is 17.7 Å². The summed E-state index contributed by atoms with van der Waals surface area (Å²) in [5.74, 6) is 0.874. The van der Waals surface area contributed by atoms with Crippen molar-refractivity contribution in [3.8, 4) is 5.75 Å². The minimum atomic E-state index is -0.0554. The van der Waals surface area contributed by atoms with E-state index in [1.54, 1.807) is 0 Å². The van der Waals surface area contributed by atoms with Gasteiger partial charge >= 0.3 is 0 Å². The van der Waals surface area contributed by atoms with Crippen LogP contribution in [-0.4, -0.2) is 22.8 Å². The van der Waals surface area contributed by atoms with Gasteiger partial charge in [-0.3, -0.25) is 4.79 Å². The Balaban J connectivity index is 2.09. The summed E-state index contributed by atoms with van der Waals surface area (Å²) >= 11 is 1.44. The third-order valence-electron chi connectivity index (χ3n) is 3.46. The molecular weight excluding hydrogens is 296 g/mol. The van der Waals surface area contributed by atoms with Gasteiger partial charge in [-0.2, -0.15) is 0 Å². The molecule has 2 aromatic rings. The lowest BCUT2D eigenvalue weighted by Crippen LogP contribution is -2.17. The molecule has 0 aliphatic rings. The van der Waals surface area contributed by atoms with Crippen LogP contribution in [0.1, 0.15) is 36.6 Å². The molecule has 0 saturated carbocycles. The fourth-order valence-electron chi connectivity index (χ4n) is 2.13. The van der Waals surface area contributed by atoms with Gasteiger partial charge in [0.1, 0.15) is 5.75 Å². The second kappa shape index (κ2) is 8.03. The number of hydrogen-bond donors (Lipinski definition) is 1. The number of nitrogens with zero attached hydrogens (tertiary/aromatic N) is 1. The summed E-state index contributed by atoms with van der Waals surface area (Å²) < 4.78 is 5.65. The molecule has 22 heavy (non-hydrogen) atoms. The van der Waals surface area contributed by atoms with E-state index in [-0.39, 0.29) is 5.56 Å². The van der Waals surface area contributed by atoms with Crippen molar-refractivity contribution in [1.82, 2.24) is 9.97 Å². The molecule has 0 spiro atoms. The molecule has 1 aromatic carbocycles. The summed E-state index contributed by atoms with van der Waals surface area (Å²) in [4.78, 5) is 19.3. The largest absolute Gasteiger partial charge is 0.494 e. The minimum Gasteiger partial charge on any atom is -0.494 e. The lowest BCUT2D eigenvalue weighted by Gasteiger charge is -2.08. The lowest BCUT2D eigenvalue weighted by atomic mass is 10.1. The van der Waals surface area contributed by atoms with Gasteiger partial charge in [0.25, 0.3) is 5.56 Å². The van der Waals surface area contributed by atoms with Crippen molar-refractivity contribution in [3.05, 3.63) is 51.4 Å². The van der Waals surface area contributed by atoms with E-state index in [1.807, 2.05) is 37.4 Å². The van der Waals surface area contributed by atoms with E-state index in [0.29, 0.717) is 11.6 Å². The number of aryl methyl sites for hydroxylation is 1. The summed E-state index contributed by atoms with van der Waals surface area (Å²) in [5, 5.41) is 0.658. The zero-order valence-electron chi connectivity index (χ0n) is 13.3. The highest BCUT2D eigenvalue weighted by atomic mass is 32.2. The van der Waals surface area contributed by atoms with Crippen LogP contribution in [0.2, 0.25) is 0 Å². The number of nitrogens with one attached hydrogen (secondary N) is 1. The van der Waals surface area contributed by atoms with Crippen molar-refractivity contribution in [1.29, 1.82) is 0 Å². The maximum absolute atomic E-state index is 12.1. The first-order valence-electron chi connectivity index (χ1n) is 7.49. The molecule has 2 rings (SSSR count). The number of ether oxygens (including phenoxy) is 1. The predicted octanol–water partition coefficient (Wildman–Crippen LogP) is 3.57. The van der Waals surface area contributed by atoms with Crippen LogP contribution in [-0.2, 0) is 6.42 Å². The topological polar surface area (TPSA) is 55.0 Å². The van der Waals surface area contributed by atoms with Gasteiger partial charge in [0.15, 0.2) is 5.16 Å². The number of rotatable bonds is 7. The number of benzene rings is 1. The molecule has 4 nitrogen and oxygen atoms in total. The first-order chi connectivity index (χ1) is 10.6. The molecule has 5 heteroatoms. The van der Waals surface area contributed by atoms with E-state index < -0.39 is 0 Å². The zero-order valence-corrected chi connectivity index (χ0v) is 14.1. The number of aromatic amines is 1. The number of hydrogen-bond acceptors (Lipinski definition) is 4. The monoisotopic (exact) mass is 318 g/mol. The van der Waals surface area contributed by atoms with E-state index in [0.717, 1.165) is 42.0 Å². The highest BCUT2D eigenvalue weighted by Gasteiger charge is 2.09. The Morgan fingerprint density at radius 1 is 1.27 bits per heavy atom. The number of H-pyrrole nitrogens is 1. The van der Waals surface area contributed by atoms with Crippen molar-refractivity contribution in [2.24, 2.45) is 0 Å². The molecule has 0 atom stereocenters. The normalized spacial score (nSPS) is 10.7. The average molecular weight is 318 g/mol. The third kappa shape index (κ3) is 4.37. The van der Waals surface area contributed by atoms with Crippen molar-refractivity contribution in [2.75, 3.05) is 12.9 Å². The van der Waals surface area contributed by atoms with E-state index in [1.165, 1.54) is 11.8 Å². The van der Waals surface area contributed by atoms with Crippen LogP contribution in [0, 0.1) is 6.92 Å². The van der Waals surface area contributed by atoms with Crippen molar-refractivity contribution in [2.45, 2.75) is 38.3 Å². The van der Waals surface area contributed by atoms with Crippen molar-refractivity contribution < 1.29 is 4.74 Å². The molecule has 0 fully saturated rings. The second-order valence-electron chi connectivity index (χ2n) is 5.16. The summed E-state index contributed by atoms with van der Waals surface area (Å²) in [7, 11) is 0. The highest BCUT2D eigenvalue weighted by molar-refractivity contribution is 7.98. The number of thioether (sulfide) groups is 1. The first kappa shape index (κ1) is 16.6. The van der Waals surface area contributed by atoms with Gasteiger partial charge in [0.2, 0.25) is 0 Å². The van der Waals surface area contributed by atoms with E-state index in [4.69, 9.17) is 4.74 Å². The Morgan fingerprint density at radius 3 is 2.59 bits per heavy atom. The summed E-state index contributed by atoms with van der Waals surface area (Å²) in [6.07, 6.45) is 4.66. The molecular formula is C17H22N2O2S. The van der Waals surface area contributed by atoms with Gasteiger partial charge in [-0.15, -0.1) is 0 Å². The molecule has 1 N–H and O–H groups in total. The Kier molecular flexibility index (Phi) is 6.07. The summed E-state index contributed by atoms with van der Waals surface area (Å²) in [6, 6.07) is 7.92. The molecule has 0 radical (unpaired) electrons. The SMILES string of the molecule is CCCCOc1ccc(Cc2c(C)nc(SC)[nH]c2=O)cc1. The predicted molar refractivity (Wildman–Crippen MR) is 91.0 cm³/mol. The standard InChI is InChI=1S/C17H22N2O2S/c1-4-5-10-21-14-8-6-13(7-9-14)11-15-12(2)18-17(22-3)19-16(15)20/h6-9H,4-5,10-11H2,1-3H3,(H,18,19,20). The summed E-state index contributed by atoms with van der Waals surface area (Å²) in [6.45, 7) is 4.77. The first-order valence-corrected chi connectivity index (χ1v) is 8.72. The molecule has 0 aliphatic heterocycles. The second-order valence-corrected chi connectivity index (χ2v) is 5.96. The fraction of sp³-hybridized carbons (Fsp3) is 0.412. The average Bonchev–Trinajstić information content (AvgIpc) is 2.52. The Hall–Kier alpha value is -1.75. The van der Waals surface area contributed by atoms with Crippen LogP contribution < -0.4 is 10.3 Å². The highest BCUT2D eigenvalue weighted by Crippen LogP contribution is 2.16. The Morgan fingerprint density at radius 2 is 2.00 bits per heavy atom. The minimum absolute atomic E-state index is 0.0554. The van der Waals surface area contributed by atoms with Crippen molar-refractivity contribution >= 4 is 11.8 Å². The van der Waals surface area contributed by atoms with Gasteiger partial charge < -0.3 is 9.72 Å². The Bertz CT molecular complexity index is 665. The van der Waals surface area contributed by atoms with E-state index in [9.17, 15) is 4.79 Å². The smallest absolute Gasteiger partial charge is 0.255 e. The maximum Gasteiger partial charge on any atom is 0.255 e. The molecule has 1 aromatic heterocycles. The Labute approximate surface area is 135 Å². The van der Waals surface area contributed by atoms with Crippen LogP contribution in [0.4, 0.5) is 0 Å². The van der Waals surface area contributed by atoms with Crippen LogP contribution in [0.3, 0.4) is 0 Å².